The number of ether oxygens (including phenoxy) is 1. The maximum atomic E-state index is 13.0. The van der Waals surface area contributed by atoms with Gasteiger partial charge < -0.3 is 9.84 Å². The van der Waals surface area contributed by atoms with Crippen LogP contribution in [0.1, 0.15) is 36.8 Å². The lowest BCUT2D eigenvalue weighted by molar-refractivity contribution is 0.186. The van der Waals surface area contributed by atoms with Gasteiger partial charge in [-0.3, -0.25) is 9.36 Å². The van der Waals surface area contributed by atoms with Crippen LogP contribution in [-0.4, -0.2) is 33.4 Å². The van der Waals surface area contributed by atoms with Crippen molar-refractivity contribution < 1.29 is 9.84 Å². The molecule has 0 saturated carbocycles. The van der Waals surface area contributed by atoms with E-state index in [2.05, 4.69) is 11.9 Å². The van der Waals surface area contributed by atoms with E-state index >= 15 is 0 Å². The summed E-state index contributed by atoms with van der Waals surface area (Å²) >= 11 is 1.37. The van der Waals surface area contributed by atoms with E-state index in [9.17, 15) is 9.90 Å². The Hall–Kier alpha value is -1.83. The highest BCUT2D eigenvalue weighted by atomic mass is 32.1. The summed E-state index contributed by atoms with van der Waals surface area (Å²) in [5.41, 5.74) is 2.52. The number of nitrogens with zero attached hydrogens (tertiary/aromatic N) is 3. The molecule has 0 amide bonds. The van der Waals surface area contributed by atoms with Crippen molar-refractivity contribution in [3.05, 3.63) is 33.5 Å². The quantitative estimate of drug-likeness (QED) is 0.700. The van der Waals surface area contributed by atoms with Gasteiger partial charge in [0.05, 0.1) is 25.3 Å². The molecule has 0 fully saturated rings. The molecule has 0 aliphatic carbocycles. The van der Waals surface area contributed by atoms with Crippen molar-refractivity contribution in [3.8, 4) is 0 Å². The average Bonchev–Trinajstić information content (AvgIpc) is 2.94. The number of aromatic nitrogens is 3. The maximum absolute atomic E-state index is 13.0. The zero-order valence-electron chi connectivity index (χ0n) is 14.8. The monoisotopic (exact) mass is 361 g/mol. The molecule has 7 heteroatoms. The molecule has 3 rings (SSSR count). The normalized spacial score (nSPS) is 11.7. The first-order valence-corrected chi connectivity index (χ1v) is 9.34. The molecule has 3 aromatic heterocycles. The van der Waals surface area contributed by atoms with E-state index in [1.54, 1.807) is 11.7 Å². The van der Waals surface area contributed by atoms with Gasteiger partial charge in [0, 0.05) is 24.6 Å². The van der Waals surface area contributed by atoms with Crippen molar-refractivity contribution in [2.45, 2.75) is 46.3 Å². The number of hydrogen-bond donors (Lipinski definition) is 1. The van der Waals surface area contributed by atoms with Crippen LogP contribution in [0.4, 0.5) is 0 Å². The third-order valence-corrected chi connectivity index (χ3v) is 5.28. The lowest BCUT2D eigenvalue weighted by atomic mass is 10.1. The molecule has 0 aromatic carbocycles. The van der Waals surface area contributed by atoms with Gasteiger partial charge >= 0.3 is 0 Å². The van der Waals surface area contributed by atoms with Gasteiger partial charge in [0.1, 0.15) is 15.4 Å². The second kappa shape index (κ2) is 7.59. The first kappa shape index (κ1) is 18.0. The predicted octanol–water partition coefficient (Wildman–Crippen LogP) is 2.80. The van der Waals surface area contributed by atoms with Gasteiger partial charge in [0.15, 0.2) is 0 Å². The highest BCUT2D eigenvalue weighted by Gasteiger charge is 2.19. The molecule has 0 radical (unpaired) electrons. The Morgan fingerprint density at radius 2 is 2.16 bits per heavy atom. The van der Waals surface area contributed by atoms with Crippen LogP contribution in [0.5, 0.6) is 0 Å². The van der Waals surface area contributed by atoms with Gasteiger partial charge in [-0.05, 0) is 25.0 Å². The second-order valence-electron chi connectivity index (χ2n) is 6.13. The summed E-state index contributed by atoms with van der Waals surface area (Å²) in [6, 6.07) is 1.99. The third-order valence-electron chi connectivity index (χ3n) is 4.22. The fraction of sp³-hybridized carbons (Fsp3) is 0.500. The van der Waals surface area contributed by atoms with Gasteiger partial charge in [0.2, 0.25) is 0 Å². The van der Waals surface area contributed by atoms with Crippen LogP contribution < -0.4 is 5.56 Å². The second-order valence-corrected chi connectivity index (χ2v) is 7.13. The maximum Gasteiger partial charge on any atom is 0.271 e. The van der Waals surface area contributed by atoms with Gasteiger partial charge in [0.25, 0.3) is 5.56 Å². The van der Waals surface area contributed by atoms with Crippen molar-refractivity contribution in [3.63, 3.8) is 0 Å². The molecule has 0 atom stereocenters. The van der Waals surface area contributed by atoms with Crippen LogP contribution in [0.3, 0.4) is 0 Å². The number of aliphatic hydroxyl groups is 1. The fourth-order valence-corrected chi connectivity index (χ4v) is 4.26. The summed E-state index contributed by atoms with van der Waals surface area (Å²) in [6.07, 6.45) is 2.69. The molecular formula is C18H23N3O3S. The highest BCUT2D eigenvalue weighted by Crippen LogP contribution is 2.33. The average molecular weight is 361 g/mol. The Morgan fingerprint density at radius 1 is 1.36 bits per heavy atom. The number of hydrogen-bond acceptors (Lipinski definition) is 6. The SMILES string of the molecule is CCCCc1nc2c(sc3nc(C)cc(COC)c32)c(=O)n1CCO. The summed E-state index contributed by atoms with van der Waals surface area (Å²) < 4.78 is 7.53. The number of aliphatic hydroxyl groups excluding tert-OH is 1. The molecule has 134 valence electrons. The van der Waals surface area contributed by atoms with Gasteiger partial charge in [-0.25, -0.2) is 9.97 Å². The van der Waals surface area contributed by atoms with Gasteiger partial charge in [-0.1, -0.05) is 13.3 Å². The first-order chi connectivity index (χ1) is 12.1. The Morgan fingerprint density at radius 3 is 2.84 bits per heavy atom. The summed E-state index contributed by atoms with van der Waals surface area (Å²) in [5.74, 6) is 0.733. The summed E-state index contributed by atoms with van der Waals surface area (Å²) in [4.78, 5) is 23.2. The van der Waals surface area contributed by atoms with E-state index in [-0.39, 0.29) is 18.7 Å². The highest BCUT2D eigenvalue weighted by molar-refractivity contribution is 7.25. The van der Waals surface area contributed by atoms with Crippen molar-refractivity contribution in [1.82, 2.24) is 14.5 Å². The number of methoxy groups -OCH3 is 1. The molecule has 0 aliphatic heterocycles. The molecule has 0 aliphatic rings. The number of aryl methyl sites for hydroxylation is 2. The van der Waals surface area contributed by atoms with Crippen LogP contribution in [0.25, 0.3) is 20.4 Å². The number of fused-ring (bicyclic) bond motifs is 3. The van der Waals surface area contributed by atoms with E-state index in [4.69, 9.17) is 9.72 Å². The Kier molecular flexibility index (Phi) is 5.46. The molecule has 0 unspecified atom stereocenters. The van der Waals surface area contributed by atoms with E-state index in [0.717, 1.165) is 46.6 Å². The Balaban J connectivity index is 2.35. The van der Waals surface area contributed by atoms with E-state index in [0.29, 0.717) is 16.8 Å². The Bertz CT molecular complexity index is 962. The van der Waals surface area contributed by atoms with Crippen molar-refractivity contribution >= 4 is 31.8 Å². The van der Waals surface area contributed by atoms with Crippen LogP contribution in [0.15, 0.2) is 10.9 Å². The number of unbranched alkanes of at least 4 members (excludes halogenated alkanes) is 1. The van der Waals surface area contributed by atoms with Gasteiger partial charge in [-0.2, -0.15) is 0 Å². The molecule has 1 N–H and O–H groups in total. The van der Waals surface area contributed by atoms with Crippen LogP contribution >= 0.6 is 11.3 Å². The standard InChI is InChI=1S/C18H23N3O3S/c1-4-5-6-13-20-15-14-12(10-24-3)9-11(2)19-17(14)25-16(15)18(23)21(13)7-8-22/h9,22H,4-8,10H2,1-3H3. The van der Waals surface area contributed by atoms with Crippen LogP contribution in [0, 0.1) is 6.92 Å². The largest absolute Gasteiger partial charge is 0.395 e. The molecule has 25 heavy (non-hydrogen) atoms. The topological polar surface area (TPSA) is 77.2 Å². The van der Waals surface area contributed by atoms with Crippen molar-refractivity contribution in [2.24, 2.45) is 0 Å². The van der Waals surface area contributed by atoms with Gasteiger partial charge in [-0.15, -0.1) is 11.3 Å². The first-order valence-electron chi connectivity index (χ1n) is 8.52. The molecule has 3 heterocycles. The van der Waals surface area contributed by atoms with Crippen LogP contribution in [-0.2, 0) is 24.3 Å². The third kappa shape index (κ3) is 3.31. The number of rotatable bonds is 7. The molecule has 0 bridgehead atoms. The van der Waals surface area contributed by atoms with E-state index in [1.807, 2.05) is 13.0 Å². The zero-order chi connectivity index (χ0) is 18.0. The molecule has 3 aromatic rings. The number of thiophene rings is 1. The summed E-state index contributed by atoms with van der Waals surface area (Å²) in [5, 5.41) is 10.3. The summed E-state index contributed by atoms with van der Waals surface area (Å²) in [6.45, 7) is 4.69. The smallest absolute Gasteiger partial charge is 0.271 e. The molecule has 6 nitrogen and oxygen atoms in total. The fourth-order valence-electron chi connectivity index (χ4n) is 3.10. The molecule has 0 spiro atoms. The minimum Gasteiger partial charge on any atom is -0.395 e. The van der Waals surface area contributed by atoms with Crippen molar-refractivity contribution in [1.29, 1.82) is 0 Å². The Labute approximate surface area is 150 Å². The van der Waals surface area contributed by atoms with E-state index < -0.39 is 0 Å². The molecule has 0 saturated heterocycles. The minimum absolute atomic E-state index is 0.0800. The van der Waals surface area contributed by atoms with Crippen LogP contribution in [0.2, 0.25) is 0 Å². The summed E-state index contributed by atoms with van der Waals surface area (Å²) in [7, 11) is 1.66. The zero-order valence-corrected chi connectivity index (χ0v) is 15.7. The lowest BCUT2D eigenvalue weighted by Crippen LogP contribution is -2.26. The van der Waals surface area contributed by atoms with E-state index in [1.165, 1.54) is 11.3 Å². The number of pyridine rings is 1. The lowest BCUT2D eigenvalue weighted by Gasteiger charge is -2.11. The minimum atomic E-state index is -0.0887. The molecular weight excluding hydrogens is 338 g/mol. The van der Waals surface area contributed by atoms with Crippen molar-refractivity contribution in [2.75, 3.05) is 13.7 Å². The predicted molar refractivity (Wildman–Crippen MR) is 100 cm³/mol.